The molecule has 4 atom stereocenters. The van der Waals surface area contributed by atoms with E-state index in [0.717, 1.165) is 18.3 Å². The molecule has 0 amide bonds. The number of aliphatic hydroxyl groups is 1. The highest BCUT2D eigenvalue weighted by Gasteiger charge is 2.34. The van der Waals surface area contributed by atoms with Gasteiger partial charge in [0.1, 0.15) is 0 Å². The summed E-state index contributed by atoms with van der Waals surface area (Å²) in [7, 11) is 0. The van der Waals surface area contributed by atoms with E-state index in [4.69, 9.17) is 0 Å². The summed E-state index contributed by atoms with van der Waals surface area (Å²) in [5.41, 5.74) is 0. The summed E-state index contributed by atoms with van der Waals surface area (Å²) in [4.78, 5) is 2.55. The van der Waals surface area contributed by atoms with Crippen molar-refractivity contribution < 1.29 is 5.11 Å². The van der Waals surface area contributed by atoms with E-state index < -0.39 is 0 Å². The van der Waals surface area contributed by atoms with Crippen LogP contribution in [0.2, 0.25) is 0 Å². The van der Waals surface area contributed by atoms with Gasteiger partial charge in [0, 0.05) is 12.6 Å². The summed E-state index contributed by atoms with van der Waals surface area (Å²) in [6.07, 6.45) is 6.01. The van der Waals surface area contributed by atoms with Gasteiger partial charge in [0.05, 0.1) is 6.10 Å². The van der Waals surface area contributed by atoms with Crippen LogP contribution in [0.3, 0.4) is 0 Å². The van der Waals surface area contributed by atoms with Gasteiger partial charge in [0.2, 0.25) is 0 Å². The Morgan fingerprint density at radius 1 is 1.27 bits per heavy atom. The Labute approximate surface area is 93.7 Å². The van der Waals surface area contributed by atoms with E-state index in [1.165, 1.54) is 38.8 Å². The lowest BCUT2D eigenvalue weighted by Crippen LogP contribution is -2.46. The van der Waals surface area contributed by atoms with Crippen LogP contribution in [0.15, 0.2) is 0 Å². The topological polar surface area (TPSA) is 23.5 Å². The molecule has 2 nitrogen and oxygen atoms in total. The molecule has 1 heterocycles. The maximum atomic E-state index is 10.1. The maximum absolute atomic E-state index is 10.1. The van der Waals surface area contributed by atoms with E-state index in [2.05, 4.69) is 18.7 Å². The molecule has 2 fully saturated rings. The van der Waals surface area contributed by atoms with Gasteiger partial charge in [0.15, 0.2) is 0 Å². The third-order valence-corrected chi connectivity index (χ3v) is 4.41. The van der Waals surface area contributed by atoms with Crippen molar-refractivity contribution in [3.05, 3.63) is 0 Å². The predicted molar refractivity (Wildman–Crippen MR) is 62.8 cm³/mol. The minimum Gasteiger partial charge on any atom is -0.391 e. The van der Waals surface area contributed by atoms with Gasteiger partial charge in [-0.1, -0.05) is 20.3 Å². The normalized spacial score (nSPS) is 43.4. The average molecular weight is 211 g/mol. The second-order valence-corrected chi connectivity index (χ2v) is 5.61. The second kappa shape index (κ2) is 4.84. The van der Waals surface area contributed by atoms with Crippen molar-refractivity contribution in [2.45, 2.75) is 58.1 Å². The van der Waals surface area contributed by atoms with Crippen LogP contribution in [0, 0.1) is 11.8 Å². The van der Waals surface area contributed by atoms with E-state index in [-0.39, 0.29) is 6.10 Å². The number of nitrogens with zero attached hydrogens (tertiary/aromatic N) is 1. The molecule has 2 aliphatic rings. The molecule has 0 bridgehead atoms. The SMILES string of the molecule is CCC1CCN(C2CC(C)CCC2O)C1. The van der Waals surface area contributed by atoms with E-state index in [1.54, 1.807) is 0 Å². The van der Waals surface area contributed by atoms with Crippen molar-refractivity contribution >= 4 is 0 Å². The fraction of sp³-hybridized carbons (Fsp3) is 1.00. The zero-order chi connectivity index (χ0) is 10.8. The maximum Gasteiger partial charge on any atom is 0.0695 e. The van der Waals surface area contributed by atoms with Crippen LogP contribution in [0.4, 0.5) is 0 Å². The lowest BCUT2D eigenvalue weighted by Gasteiger charge is -2.38. The first-order valence-electron chi connectivity index (χ1n) is 6.62. The van der Waals surface area contributed by atoms with Crippen molar-refractivity contribution in [3.8, 4) is 0 Å². The predicted octanol–water partition coefficient (Wildman–Crippen LogP) is 2.27. The van der Waals surface area contributed by atoms with E-state index in [0.29, 0.717) is 6.04 Å². The largest absolute Gasteiger partial charge is 0.391 e. The number of likely N-dealkylation sites (tertiary alicyclic amines) is 1. The van der Waals surface area contributed by atoms with Crippen LogP contribution in [-0.2, 0) is 0 Å². The van der Waals surface area contributed by atoms with Crippen LogP contribution in [0.5, 0.6) is 0 Å². The van der Waals surface area contributed by atoms with Gasteiger partial charge in [-0.15, -0.1) is 0 Å². The zero-order valence-corrected chi connectivity index (χ0v) is 10.2. The van der Waals surface area contributed by atoms with Crippen molar-refractivity contribution in [3.63, 3.8) is 0 Å². The smallest absolute Gasteiger partial charge is 0.0695 e. The lowest BCUT2D eigenvalue weighted by atomic mass is 9.84. The third kappa shape index (κ3) is 2.54. The van der Waals surface area contributed by atoms with Crippen LogP contribution in [-0.4, -0.2) is 35.2 Å². The minimum atomic E-state index is -0.0585. The van der Waals surface area contributed by atoms with Gasteiger partial charge in [-0.25, -0.2) is 0 Å². The monoisotopic (exact) mass is 211 g/mol. The highest BCUT2D eigenvalue weighted by Crippen LogP contribution is 2.31. The molecule has 1 aliphatic heterocycles. The van der Waals surface area contributed by atoms with Gasteiger partial charge in [-0.2, -0.15) is 0 Å². The van der Waals surface area contributed by atoms with E-state index in [9.17, 15) is 5.11 Å². The van der Waals surface area contributed by atoms with Crippen molar-refractivity contribution in [1.29, 1.82) is 0 Å². The van der Waals surface area contributed by atoms with Gasteiger partial charge < -0.3 is 5.11 Å². The molecular weight excluding hydrogens is 186 g/mol. The Morgan fingerprint density at radius 2 is 2.07 bits per heavy atom. The molecule has 1 aliphatic carbocycles. The molecule has 1 N–H and O–H groups in total. The highest BCUT2D eigenvalue weighted by atomic mass is 16.3. The Hall–Kier alpha value is -0.0800. The molecular formula is C13H25NO. The summed E-state index contributed by atoms with van der Waals surface area (Å²) in [6.45, 7) is 7.05. The first-order valence-corrected chi connectivity index (χ1v) is 6.62. The molecule has 0 aromatic heterocycles. The fourth-order valence-electron chi connectivity index (χ4n) is 3.22. The Morgan fingerprint density at radius 3 is 2.73 bits per heavy atom. The summed E-state index contributed by atoms with van der Waals surface area (Å²) < 4.78 is 0. The van der Waals surface area contributed by atoms with Crippen LogP contribution < -0.4 is 0 Å². The summed E-state index contributed by atoms with van der Waals surface area (Å²) >= 11 is 0. The number of rotatable bonds is 2. The van der Waals surface area contributed by atoms with Crippen LogP contribution in [0.25, 0.3) is 0 Å². The molecule has 4 unspecified atom stereocenters. The quantitative estimate of drug-likeness (QED) is 0.757. The highest BCUT2D eigenvalue weighted by molar-refractivity contribution is 4.89. The van der Waals surface area contributed by atoms with Gasteiger partial charge in [0.25, 0.3) is 0 Å². The molecule has 0 spiro atoms. The average Bonchev–Trinajstić information content (AvgIpc) is 2.70. The molecule has 88 valence electrons. The molecule has 15 heavy (non-hydrogen) atoms. The molecule has 2 rings (SSSR count). The minimum absolute atomic E-state index is 0.0585. The Bertz CT molecular complexity index is 207. The van der Waals surface area contributed by atoms with Crippen molar-refractivity contribution in [2.24, 2.45) is 11.8 Å². The molecule has 0 radical (unpaired) electrons. The second-order valence-electron chi connectivity index (χ2n) is 5.61. The first kappa shape index (κ1) is 11.4. The van der Waals surface area contributed by atoms with E-state index in [1.807, 2.05) is 0 Å². The summed E-state index contributed by atoms with van der Waals surface area (Å²) in [5.74, 6) is 1.69. The molecule has 0 aromatic carbocycles. The number of hydrogen-bond donors (Lipinski definition) is 1. The molecule has 0 aromatic rings. The zero-order valence-electron chi connectivity index (χ0n) is 10.2. The lowest BCUT2D eigenvalue weighted by molar-refractivity contribution is 0.0145. The van der Waals surface area contributed by atoms with Crippen LogP contribution in [0.1, 0.15) is 46.0 Å². The first-order chi connectivity index (χ1) is 7.20. The van der Waals surface area contributed by atoms with Gasteiger partial charge in [-0.3, -0.25) is 4.90 Å². The number of aliphatic hydroxyl groups excluding tert-OH is 1. The molecule has 1 saturated heterocycles. The van der Waals surface area contributed by atoms with Crippen molar-refractivity contribution in [1.82, 2.24) is 4.90 Å². The third-order valence-electron chi connectivity index (χ3n) is 4.41. The molecule has 1 saturated carbocycles. The van der Waals surface area contributed by atoms with Crippen molar-refractivity contribution in [2.75, 3.05) is 13.1 Å². The molecule has 2 heteroatoms. The Kier molecular flexibility index (Phi) is 3.68. The fourth-order valence-corrected chi connectivity index (χ4v) is 3.22. The number of hydrogen-bond acceptors (Lipinski definition) is 2. The van der Waals surface area contributed by atoms with Gasteiger partial charge >= 0.3 is 0 Å². The Balaban J connectivity index is 1.91. The summed E-state index contributed by atoms with van der Waals surface area (Å²) in [6, 6.07) is 0.463. The van der Waals surface area contributed by atoms with Crippen LogP contribution >= 0.6 is 0 Å². The van der Waals surface area contributed by atoms with Gasteiger partial charge in [-0.05, 0) is 44.1 Å². The van der Waals surface area contributed by atoms with E-state index >= 15 is 0 Å². The summed E-state index contributed by atoms with van der Waals surface area (Å²) in [5, 5.41) is 10.1. The standard InChI is InChI=1S/C13H25NO/c1-3-11-6-7-14(9-11)12-8-10(2)4-5-13(12)15/h10-13,15H,3-9H2,1-2H3.